The summed E-state index contributed by atoms with van der Waals surface area (Å²) in [4.78, 5) is 0. The summed E-state index contributed by atoms with van der Waals surface area (Å²) in [6.07, 6.45) is 5.09. The third kappa shape index (κ3) is 4.99. The molecule has 1 saturated heterocycles. The standard InChI is InChI=1S/C17H27NO.ClH/c1-17(2,3)15-9-4-5-10-16(15)19-13-11-14-8-6-7-12-18-14;/h4-5,9-10,14,18H,6-8,11-13H2,1-3H3;1H. The smallest absolute Gasteiger partial charge is 0.123 e. The van der Waals surface area contributed by atoms with Gasteiger partial charge in [-0.1, -0.05) is 45.4 Å². The molecule has 3 heteroatoms. The first-order valence-electron chi connectivity index (χ1n) is 7.53. The quantitative estimate of drug-likeness (QED) is 0.894. The van der Waals surface area contributed by atoms with Gasteiger partial charge in [0.05, 0.1) is 6.61 Å². The van der Waals surface area contributed by atoms with E-state index in [0.717, 1.165) is 18.8 Å². The van der Waals surface area contributed by atoms with Crippen LogP contribution in [-0.4, -0.2) is 19.2 Å². The maximum Gasteiger partial charge on any atom is 0.123 e. The molecule has 2 rings (SSSR count). The zero-order valence-electron chi connectivity index (χ0n) is 12.9. The molecule has 1 aromatic carbocycles. The van der Waals surface area contributed by atoms with Crippen LogP contribution < -0.4 is 10.1 Å². The van der Waals surface area contributed by atoms with Crippen LogP contribution in [0, 0.1) is 0 Å². The van der Waals surface area contributed by atoms with Gasteiger partial charge in [-0.2, -0.15) is 0 Å². The third-order valence-electron chi connectivity index (χ3n) is 3.83. The molecule has 0 spiro atoms. The van der Waals surface area contributed by atoms with E-state index in [1.54, 1.807) is 0 Å². The van der Waals surface area contributed by atoms with E-state index in [9.17, 15) is 0 Å². The molecule has 0 saturated carbocycles. The highest BCUT2D eigenvalue weighted by molar-refractivity contribution is 5.85. The highest BCUT2D eigenvalue weighted by atomic mass is 35.5. The molecule has 1 heterocycles. The molecule has 0 radical (unpaired) electrons. The lowest BCUT2D eigenvalue weighted by molar-refractivity contribution is 0.263. The summed E-state index contributed by atoms with van der Waals surface area (Å²) < 4.78 is 6.03. The van der Waals surface area contributed by atoms with Crippen molar-refractivity contribution in [1.29, 1.82) is 0 Å². The maximum atomic E-state index is 6.03. The Labute approximate surface area is 129 Å². The number of piperidine rings is 1. The molecule has 1 aliphatic rings. The van der Waals surface area contributed by atoms with Crippen molar-refractivity contribution in [1.82, 2.24) is 5.32 Å². The first-order valence-corrected chi connectivity index (χ1v) is 7.53. The van der Waals surface area contributed by atoms with Crippen molar-refractivity contribution in [3.05, 3.63) is 29.8 Å². The second-order valence-corrected chi connectivity index (χ2v) is 6.53. The molecule has 1 aliphatic heterocycles. The fraction of sp³-hybridized carbons (Fsp3) is 0.647. The predicted octanol–water partition coefficient (Wildman–Crippen LogP) is 4.32. The Morgan fingerprint density at radius 2 is 1.95 bits per heavy atom. The van der Waals surface area contributed by atoms with Gasteiger partial charge in [0.15, 0.2) is 0 Å². The average Bonchev–Trinajstić information content (AvgIpc) is 2.39. The van der Waals surface area contributed by atoms with Gasteiger partial charge in [-0.05, 0) is 42.9 Å². The van der Waals surface area contributed by atoms with Crippen molar-refractivity contribution in [2.24, 2.45) is 0 Å². The first kappa shape index (κ1) is 17.3. The van der Waals surface area contributed by atoms with Crippen LogP contribution in [0.15, 0.2) is 24.3 Å². The number of benzene rings is 1. The average molecular weight is 298 g/mol. The van der Waals surface area contributed by atoms with Gasteiger partial charge in [0, 0.05) is 6.04 Å². The fourth-order valence-corrected chi connectivity index (χ4v) is 2.69. The molecule has 1 aromatic rings. The lowest BCUT2D eigenvalue weighted by Crippen LogP contribution is -2.35. The van der Waals surface area contributed by atoms with Gasteiger partial charge in [0.25, 0.3) is 0 Å². The molecular formula is C17H28ClNO. The van der Waals surface area contributed by atoms with Crippen LogP contribution in [0.2, 0.25) is 0 Å². The van der Waals surface area contributed by atoms with Crippen LogP contribution in [0.3, 0.4) is 0 Å². The largest absolute Gasteiger partial charge is 0.493 e. The van der Waals surface area contributed by atoms with E-state index >= 15 is 0 Å². The summed E-state index contributed by atoms with van der Waals surface area (Å²) in [6, 6.07) is 9.07. The minimum atomic E-state index is 0. The number of hydrogen-bond acceptors (Lipinski definition) is 2. The third-order valence-corrected chi connectivity index (χ3v) is 3.83. The Balaban J connectivity index is 0.00000200. The van der Waals surface area contributed by atoms with E-state index in [0.29, 0.717) is 6.04 Å². The monoisotopic (exact) mass is 297 g/mol. The van der Waals surface area contributed by atoms with Gasteiger partial charge in [-0.25, -0.2) is 0 Å². The zero-order chi connectivity index (χ0) is 13.7. The maximum absolute atomic E-state index is 6.03. The highest BCUT2D eigenvalue weighted by Gasteiger charge is 2.18. The van der Waals surface area contributed by atoms with Gasteiger partial charge in [-0.3, -0.25) is 0 Å². The fourth-order valence-electron chi connectivity index (χ4n) is 2.69. The zero-order valence-corrected chi connectivity index (χ0v) is 13.8. The molecule has 1 unspecified atom stereocenters. The Kier molecular flexibility index (Phi) is 6.84. The van der Waals surface area contributed by atoms with Gasteiger partial charge in [0.1, 0.15) is 5.75 Å². The van der Waals surface area contributed by atoms with Crippen LogP contribution in [0.4, 0.5) is 0 Å². The van der Waals surface area contributed by atoms with Crippen LogP contribution in [0.5, 0.6) is 5.75 Å². The molecule has 0 aromatic heterocycles. The number of para-hydroxylation sites is 1. The molecule has 114 valence electrons. The molecule has 0 bridgehead atoms. The Morgan fingerprint density at radius 1 is 1.20 bits per heavy atom. The molecule has 1 atom stereocenters. The SMILES string of the molecule is CC(C)(C)c1ccccc1OCCC1CCCCN1.Cl. The van der Waals surface area contributed by atoms with Gasteiger partial charge in [-0.15, -0.1) is 12.4 Å². The normalized spacial score (nSPS) is 19.2. The summed E-state index contributed by atoms with van der Waals surface area (Å²) in [5, 5.41) is 3.57. The summed E-state index contributed by atoms with van der Waals surface area (Å²) in [7, 11) is 0. The van der Waals surface area contributed by atoms with Gasteiger partial charge in [0.2, 0.25) is 0 Å². The number of halogens is 1. The number of rotatable bonds is 4. The van der Waals surface area contributed by atoms with E-state index in [1.807, 2.05) is 0 Å². The van der Waals surface area contributed by atoms with Crippen molar-refractivity contribution >= 4 is 12.4 Å². The molecule has 2 nitrogen and oxygen atoms in total. The molecular weight excluding hydrogens is 270 g/mol. The molecule has 1 N–H and O–H groups in total. The topological polar surface area (TPSA) is 21.3 Å². The van der Waals surface area contributed by atoms with E-state index in [1.165, 1.54) is 31.4 Å². The Morgan fingerprint density at radius 3 is 2.60 bits per heavy atom. The highest BCUT2D eigenvalue weighted by Crippen LogP contribution is 2.31. The van der Waals surface area contributed by atoms with E-state index in [-0.39, 0.29) is 17.8 Å². The predicted molar refractivity (Wildman–Crippen MR) is 88.1 cm³/mol. The summed E-state index contributed by atoms with van der Waals surface area (Å²) in [5.41, 5.74) is 1.44. The Bertz CT molecular complexity index is 394. The van der Waals surface area contributed by atoms with Crippen molar-refractivity contribution in [3.63, 3.8) is 0 Å². The van der Waals surface area contributed by atoms with Crippen LogP contribution >= 0.6 is 12.4 Å². The summed E-state index contributed by atoms with van der Waals surface area (Å²) >= 11 is 0. The van der Waals surface area contributed by atoms with Crippen LogP contribution in [0.25, 0.3) is 0 Å². The van der Waals surface area contributed by atoms with Crippen molar-refractivity contribution in [3.8, 4) is 5.75 Å². The molecule has 1 fully saturated rings. The van der Waals surface area contributed by atoms with Crippen LogP contribution in [-0.2, 0) is 5.41 Å². The minimum Gasteiger partial charge on any atom is -0.493 e. The van der Waals surface area contributed by atoms with Crippen molar-refractivity contribution < 1.29 is 4.74 Å². The van der Waals surface area contributed by atoms with Crippen molar-refractivity contribution in [2.75, 3.05) is 13.2 Å². The van der Waals surface area contributed by atoms with Gasteiger partial charge >= 0.3 is 0 Å². The molecule has 0 aliphatic carbocycles. The first-order chi connectivity index (χ1) is 9.07. The van der Waals surface area contributed by atoms with E-state index < -0.39 is 0 Å². The lowest BCUT2D eigenvalue weighted by atomic mass is 9.86. The summed E-state index contributed by atoms with van der Waals surface area (Å²) in [6.45, 7) is 8.68. The minimum absolute atomic E-state index is 0. The van der Waals surface area contributed by atoms with Crippen LogP contribution in [0.1, 0.15) is 52.0 Å². The second kappa shape index (κ2) is 7.90. The van der Waals surface area contributed by atoms with E-state index in [2.05, 4.69) is 50.4 Å². The molecule has 20 heavy (non-hydrogen) atoms. The molecule has 0 amide bonds. The number of nitrogens with one attached hydrogen (secondary N) is 1. The lowest BCUT2D eigenvalue weighted by Gasteiger charge is -2.25. The van der Waals surface area contributed by atoms with Gasteiger partial charge < -0.3 is 10.1 Å². The Hall–Kier alpha value is -0.730. The number of ether oxygens (including phenoxy) is 1. The second-order valence-electron chi connectivity index (χ2n) is 6.53. The summed E-state index contributed by atoms with van der Waals surface area (Å²) in [5.74, 6) is 1.05. The van der Waals surface area contributed by atoms with Crippen molar-refractivity contribution in [2.45, 2.75) is 57.9 Å². The van der Waals surface area contributed by atoms with E-state index in [4.69, 9.17) is 4.74 Å². The number of hydrogen-bond donors (Lipinski definition) is 1.